The quantitative estimate of drug-likeness (QED) is 0.503. The van der Waals surface area contributed by atoms with Crippen molar-refractivity contribution in [3.05, 3.63) is 61.6 Å². The van der Waals surface area contributed by atoms with Crippen molar-refractivity contribution in [2.45, 2.75) is 0 Å². The second kappa shape index (κ2) is 6.15. The molecular formula is C12H6BrClFN3O3. The molecule has 108 valence electrons. The maximum Gasteiger partial charge on any atom is 0.300 e. The molecule has 0 aliphatic rings. The molecule has 0 saturated carbocycles. The maximum atomic E-state index is 13.4. The van der Waals surface area contributed by atoms with E-state index in [1.54, 1.807) is 0 Å². The van der Waals surface area contributed by atoms with Crippen LogP contribution in [0.1, 0.15) is 10.4 Å². The Kier molecular flexibility index (Phi) is 4.49. The number of carbonyl (C=O) groups excluding carboxylic acids is 1. The average molecular weight is 375 g/mol. The number of rotatable bonds is 3. The summed E-state index contributed by atoms with van der Waals surface area (Å²) in [7, 11) is 0. The molecule has 2 rings (SSSR count). The van der Waals surface area contributed by atoms with Crippen molar-refractivity contribution < 1.29 is 14.1 Å². The molecule has 0 saturated heterocycles. The van der Waals surface area contributed by atoms with E-state index in [4.69, 9.17) is 11.6 Å². The Balaban J connectivity index is 2.34. The van der Waals surface area contributed by atoms with Crippen molar-refractivity contribution in [2.75, 3.05) is 5.32 Å². The van der Waals surface area contributed by atoms with E-state index >= 15 is 0 Å². The van der Waals surface area contributed by atoms with Crippen molar-refractivity contribution in [2.24, 2.45) is 0 Å². The monoisotopic (exact) mass is 373 g/mol. The predicted molar refractivity (Wildman–Crippen MR) is 78.0 cm³/mol. The molecule has 1 amide bonds. The summed E-state index contributed by atoms with van der Waals surface area (Å²) in [6.07, 6.45) is 0.888. The summed E-state index contributed by atoms with van der Waals surface area (Å²) in [4.78, 5) is 25.7. The van der Waals surface area contributed by atoms with Crippen LogP contribution in [-0.2, 0) is 0 Å². The molecule has 2 aromatic rings. The summed E-state index contributed by atoms with van der Waals surface area (Å²) in [5.41, 5.74) is -0.597. The zero-order valence-corrected chi connectivity index (χ0v) is 12.5. The molecule has 1 heterocycles. The topological polar surface area (TPSA) is 85.1 Å². The van der Waals surface area contributed by atoms with Crippen LogP contribution in [0.25, 0.3) is 0 Å². The minimum absolute atomic E-state index is 0.0623. The normalized spacial score (nSPS) is 10.2. The Morgan fingerprint density at radius 3 is 2.76 bits per heavy atom. The van der Waals surface area contributed by atoms with Gasteiger partial charge in [0.1, 0.15) is 22.7 Å². The fourth-order valence-electron chi connectivity index (χ4n) is 1.52. The van der Waals surface area contributed by atoms with Gasteiger partial charge >= 0.3 is 0 Å². The summed E-state index contributed by atoms with van der Waals surface area (Å²) in [5, 5.41) is 13.2. The zero-order chi connectivity index (χ0) is 15.6. The molecule has 6 nitrogen and oxygen atoms in total. The van der Waals surface area contributed by atoms with Crippen LogP contribution in [0.2, 0.25) is 5.15 Å². The van der Waals surface area contributed by atoms with Crippen LogP contribution >= 0.6 is 27.5 Å². The fraction of sp³-hybridized carbons (Fsp3) is 0. The number of nitrogens with one attached hydrogen (secondary N) is 1. The van der Waals surface area contributed by atoms with Crippen LogP contribution in [0.5, 0.6) is 0 Å². The van der Waals surface area contributed by atoms with Crippen LogP contribution < -0.4 is 5.32 Å². The number of carbonyl (C=O) groups is 1. The predicted octanol–water partition coefficient (Wildman–Crippen LogP) is 3.80. The van der Waals surface area contributed by atoms with Gasteiger partial charge in [0.05, 0.1) is 9.40 Å². The van der Waals surface area contributed by atoms with E-state index in [1.165, 1.54) is 12.1 Å². The number of aromatic nitrogens is 1. The number of halogens is 3. The molecule has 0 spiro atoms. The smallest absolute Gasteiger partial charge is 0.300 e. The Morgan fingerprint density at radius 2 is 2.14 bits per heavy atom. The molecule has 0 fully saturated rings. The first kappa shape index (κ1) is 15.3. The third-order valence-electron chi connectivity index (χ3n) is 2.47. The van der Waals surface area contributed by atoms with Crippen molar-refractivity contribution in [3.63, 3.8) is 0 Å². The van der Waals surface area contributed by atoms with Gasteiger partial charge < -0.3 is 5.32 Å². The third-order valence-corrected chi connectivity index (χ3v) is 3.32. The van der Waals surface area contributed by atoms with Gasteiger partial charge in [-0.25, -0.2) is 9.37 Å². The van der Waals surface area contributed by atoms with Crippen molar-refractivity contribution >= 4 is 44.8 Å². The minimum Gasteiger partial charge on any atom is -0.322 e. The SMILES string of the molecule is O=C(Nc1ccc(Br)c(F)c1)c1cc(Cl)ncc1[N+](=O)[O-]. The van der Waals surface area contributed by atoms with E-state index in [-0.39, 0.29) is 20.9 Å². The van der Waals surface area contributed by atoms with Crippen LogP contribution in [0.4, 0.5) is 15.8 Å². The number of amides is 1. The standard InChI is InChI=1S/C12H6BrClFN3O3/c13-8-2-1-6(3-9(8)15)17-12(19)7-4-11(14)16-5-10(7)18(20)21/h1-5H,(H,17,19). The number of nitro groups is 1. The first-order chi connectivity index (χ1) is 9.88. The molecule has 0 aliphatic carbocycles. The number of hydrogen-bond donors (Lipinski definition) is 1. The van der Waals surface area contributed by atoms with Gasteiger partial charge in [0.2, 0.25) is 0 Å². The highest BCUT2D eigenvalue weighted by Gasteiger charge is 2.21. The summed E-state index contributed by atoms with van der Waals surface area (Å²) < 4.78 is 13.6. The Bertz CT molecular complexity index is 742. The minimum atomic E-state index is -0.785. The summed E-state index contributed by atoms with van der Waals surface area (Å²) in [6.45, 7) is 0. The number of nitrogens with zero attached hydrogens (tertiary/aromatic N) is 2. The van der Waals surface area contributed by atoms with Gasteiger partial charge in [-0.15, -0.1) is 0 Å². The molecule has 0 unspecified atom stereocenters. The van der Waals surface area contributed by atoms with E-state index in [9.17, 15) is 19.3 Å². The first-order valence-electron chi connectivity index (χ1n) is 5.45. The molecule has 0 radical (unpaired) electrons. The third kappa shape index (κ3) is 3.53. The number of pyridine rings is 1. The molecule has 1 aromatic heterocycles. The highest BCUT2D eigenvalue weighted by Crippen LogP contribution is 2.23. The van der Waals surface area contributed by atoms with Crippen LogP contribution in [-0.4, -0.2) is 15.8 Å². The van der Waals surface area contributed by atoms with Crippen molar-refractivity contribution in [1.29, 1.82) is 0 Å². The van der Waals surface area contributed by atoms with Crippen molar-refractivity contribution in [1.82, 2.24) is 4.98 Å². The second-order valence-electron chi connectivity index (χ2n) is 3.86. The summed E-state index contributed by atoms with van der Waals surface area (Å²) >= 11 is 8.61. The molecule has 21 heavy (non-hydrogen) atoms. The van der Waals surface area contributed by atoms with Crippen LogP contribution in [0.3, 0.4) is 0 Å². The van der Waals surface area contributed by atoms with Crippen molar-refractivity contribution in [3.8, 4) is 0 Å². The lowest BCUT2D eigenvalue weighted by atomic mass is 10.2. The van der Waals surface area contributed by atoms with E-state index < -0.39 is 22.3 Å². The molecule has 0 atom stereocenters. The molecular weight excluding hydrogens is 369 g/mol. The zero-order valence-electron chi connectivity index (χ0n) is 10.1. The molecule has 0 aliphatic heterocycles. The molecule has 9 heteroatoms. The van der Waals surface area contributed by atoms with Gasteiger partial charge in [0.15, 0.2) is 0 Å². The van der Waals surface area contributed by atoms with E-state index in [0.717, 1.165) is 18.3 Å². The Labute approximate surface area is 131 Å². The molecule has 0 bridgehead atoms. The maximum absolute atomic E-state index is 13.4. The lowest BCUT2D eigenvalue weighted by Gasteiger charge is -2.06. The van der Waals surface area contributed by atoms with E-state index in [1.807, 2.05) is 0 Å². The lowest BCUT2D eigenvalue weighted by molar-refractivity contribution is -0.385. The second-order valence-corrected chi connectivity index (χ2v) is 5.11. The lowest BCUT2D eigenvalue weighted by Crippen LogP contribution is -2.14. The summed E-state index contributed by atoms with van der Waals surface area (Å²) in [6, 6.07) is 5.00. The first-order valence-corrected chi connectivity index (χ1v) is 6.62. The highest BCUT2D eigenvalue weighted by molar-refractivity contribution is 9.10. The number of anilines is 1. The van der Waals surface area contributed by atoms with Gasteiger partial charge in [0, 0.05) is 5.69 Å². The van der Waals surface area contributed by atoms with E-state index in [2.05, 4.69) is 26.2 Å². The average Bonchev–Trinajstić information content (AvgIpc) is 2.42. The molecule has 1 aromatic carbocycles. The fourth-order valence-corrected chi connectivity index (χ4v) is 1.93. The number of benzene rings is 1. The van der Waals surface area contributed by atoms with E-state index in [0.29, 0.717) is 0 Å². The van der Waals surface area contributed by atoms with Gasteiger partial charge in [-0.1, -0.05) is 11.6 Å². The largest absolute Gasteiger partial charge is 0.322 e. The van der Waals surface area contributed by atoms with Crippen LogP contribution in [0.15, 0.2) is 34.9 Å². The van der Waals surface area contributed by atoms with Gasteiger partial charge in [-0.3, -0.25) is 14.9 Å². The Hall–Kier alpha value is -2.06. The Morgan fingerprint density at radius 1 is 1.43 bits per heavy atom. The number of hydrogen-bond acceptors (Lipinski definition) is 4. The van der Waals surface area contributed by atoms with Gasteiger partial charge in [0.25, 0.3) is 11.6 Å². The van der Waals surface area contributed by atoms with Gasteiger partial charge in [-0.2, -0.15) is 0 Å². The van der Waals surface area contributed by atoms with Crippen LogP contribution in [0, 0.1) is 15.9 Å². The highest BCUT2D eigenvalue weighted by atomic mass is 79.9. The van der Waals surface area contributed by atoms with Gasteiger partial charge in [-0.05, 0) is 40.2 Å². The summed E-state index contributed by atoms with van der Waals surface area (Å²) in [5.74, 6) is -1.36. The molecule has 1 N–H and O–H groups in total.